The second-order valence-corrected chi connectivity index (χ2v) is 9.21. The van der Waals surface area contributed by atoms with Crippen LogP contribution in [-0.2, 0) is 14.9 Å². The summed E-state index contributed by atoms with van der Waals surface area (Å²) in [5.41, 5.74) is 3.12. The highest BCUT2D eigenvalue weighted by Gasteiger charge is 2.68. The maximum atomic E-state index is 6.92. The summed E-state index contributed by atoms with van der Waals surface area (Å²) >= 11 is 0. The number of hydrogen-bond donors (Lipinski definition) is 0. The summed E-state index contributed by atoms with van der Waals surface area (Å²) in [6.45, 7) is 7.69. The summed E-state index contributed by atoms with van der Waals surface area (Å²) in [4.78, 5) is 5.19. The minimum atomic E-state index is 0.131. The van der Waals surface area contributed by atoms with Gasteiger partial charge in [-0.15, -0.1) is 0 Å². The lowest BCUT2D eigenvalue weighted by atomic mass is 9.53. The number of nitrogens with zero attached hydrogens (tertiary/aromatic N) is 2. The summed E-state index contributed by atoms with van der Waals surface area (Å²) in [5.74, 6) is 1.86. The Morgan fingerprint density at radius 1 is 1.23 bits per heavy atom. The standard InChI is InChI=1S/C22H30N2O2/c1-4-24-17-8-6-5-7-16(17)22-9-10-23(3)21-19-13(2)25-12-15(20(22)24)14(19)11-18(22)26-21/h5-8,13-15,18-21H,4,9-12H2,1-3H3/t13-,14-,15-,18+,19+,20+,21?,22?/m1/s1. The summed E-state index contributed by atoms with van der Waals surface area (Å²) in [6, 6.07) is 9.69. The molecule has 4 aliphatic heterocycles. The first-order valence-corrected chi connectivity index (χ1v) is 10.5. The fraction of sp³-hybridized carbons (Fsp3) is 0.727. The van der Waals surface area contributed by atoms with Gasteiger partial charge in [0.05, 0.1) is 18.8 Å². The van der Waals surface area contributed by atoms with Gasteiger partial charge in [0.15, 0.2) is 0 Å². The molecular weight excluding hydrogens is 324 g/mol. The van der Waals surface area contributed by atoms with E-state index in [-0.39, 0.29) is 11.6 Å². The predicted octanol–water partition coefficient (Wildman–Crippen LogP) is 2.86. The number of fused-ring (bicyclic) bond motifs is 4. The van der Waals surface area contributed by atoms with Crippen LogP contribution in [0.1, 0.15) is 32.3 Å². The first-order valence-electron chi connectivity index (χ1n) is 10.5. The third-order valence-electron chi connectivity index (χ3n) is 8.47. The van der Waals surface area contributed by atoms with Gasteiger partial charge in [0, 0.05) is 42.1 Å². The Labute approximate surface area is 156 Å². The summed E-state index contributed by atoms with van der Waals surface area (Å²) < 4.78 is 13.3. The van der Waals surface area contributed by atoms with Crippen LogP contribution in [0.15, 0.2) is 24.3 Å². The highest BCUT2D eigenvalue weighted by Crippen LogP contribution is 2.63. The summed E-state index contributed by atoms with van der Waals surface area (Å²) in [7, 11) is 2.26. The zero-order valence-electron chi connectivity index (χ0n) is 16.1. The van der Waals surface area contributed by atoms with Crippen LogP contribution in [0.4, 0.5) is 5.69 Å². The average Bonchev–Trinajstić information content (AvgIpc) is 2.91. The third kappa shape index (κ3) is 1.68. The van der Waals surface area contributed by atoms with E-state index in [1.807, 2.05) is 0 Å². The van der Waals surface area contributed by atoms with Crippen molar-refractivity contribution in [2.45, 2.75) is 56.6 Å². The smallest absolute Gasteiger partial charge is 0.116 e. The largest absolute Gasteiger partial charge is 0.378 e. The molecule has 1 aromatic rings. The zero-order chi connectivity index (χ0) is 17.6. The topological polar surface area (TPSA) is 24.9 Å². The Kier molecular flexibility index (Phi) is 3.21. The van der Waals surface area contributed by atoms with E-state index >= 15 is 0 Å². The van der Waals surface area contributed by atoms with Gasteiger partial charge < -0.3 is 14.4 Å². The molecule has 1 saturated carbocycles. The van der Waals surface area contributed by atoms with Crippen LogP contribution in [0, 0.1) is 17.8 Å². The Bertz CT molecular complexity index is 739. The van der Waals surface area contributed by atoms with Crippen LogP contribution in [0.25, 0.3) is 0 Å². The second kappa shape index (κ2) is 5.24. The molecule has 0 N–H and O–H groups in total. The van der Waals surface area contributed by atoms with Gasteiger partial charge >= 0.3 is 0 Å². The number of benzene rings is 1. The normalized spacial score (nSPS) is 48.9. The quantitative estimate of drug-likeness (QED) is 0.774. The van der Waals surface area contributed by atoms with E-state index in [9.17, 15) is 0 Å². The number of para-hydroxylation sites is 1. The first kappa shape index (κ1) is 15.9. The van der Waals surface area contributed by atoms with Crippen LogP contribution in [0.2, 0.25) is 0 Å². The molecule has 26 heavy (non-hydrogen) atoms. The second-order valence-electron chi connectivity index (χ2n) is 9.21. The molecule has 0 amide bonds. The van der Waals surface area contributed by atoms with Crippen LogP contribution < -0.4 is 4.90 Å². The molecule has 0 aromatic heterocycles. The van der Waals surface area contributed by atoms with Crippen molar-refractivity contribution in [1.82, 2.24) is 4.90 Å². The Morgan fingerprint density at radius 3 is 2.92 bits per heavy atom. The number of likely N-dealkylation sites (N-methyl/N-ethyl adjacent to an activating group) is 1. The maximum absolute atomic E-state index is 6.92. The van der Waals surface area contributed by atoms with Crippen molar-refractivity contribution < 1.29 is 9.47 Å². The molecule has 1 spiro atoms. The van der Waals surface area contributed by atoms with Gasteiger partial charge in [-0.25, -0.2) is 0 Å². The van der Waals surface area contributed by atoms with E-state index in [1.54, 1.807) is 5.56 Å². The lowest BCUT2D eigenvalue weighted by Crippen LogP contribution is -2.69. The van der Waals surface area contributed by atoms with E-state index < -0.39 is 0 Å². The molecule has 0 radical (unpaired) electrons. The molecule has 2 unspecified atom stereocenters. The Balaban J connectivity index is 1.60. The molecule has 140 valence electrons. The van der Waals surface area contributed by atoms with E-state index in [2.05, 4.69) is 55.0 Å². The van der Waals surface area contributed by atoms with Gasteiger partial charge in [-0.3, -0.25) is 4.90 Å². The molecule has 4 heterocycles. The van der Waals surface area contributed by atoms with E-state index in [4.69, 9.17) is 9.47 Å². The van der Waals surface area contributed by atoms with E-state index in [0.717, 1.165) is 25.6 Å². The molecule has 4 fully saturated rings. The number of hydrogen-bond acceptors (Lipinski definition) is 4. The van der Waals surface area contributed by atoms with Crippen LogP contribution in [0.3, 0.4) is 0 Å². The van der Waals surface area contributed by atoms with Gasteiger partial charge in [0.25, 0.3) is 0 Å². The zero-order valence-corrected chi connectivity index (χ0v) is 16.1. The minimum absolute atomic E-state index is 0.131. The van der Waals surface area contributed by atoms with Crippen molar-refractivity contribution >= 4 is 5.69 Å². The van der Waals surface area contributed by atoms with Gasteiger partial charge in [-0.05, 0) is 51.3 Å². The molecule has 1 aliphatic carbocycles. The number of anilines is 1. The SMILES string of the molecule is CCN1c2ccccc2C23CCN(C)C4O[C@H]2C[C@@H]2[C@@H](CO[C@H](C)[C@H]42)[C@H]13. The van der Waals surface area contributed by atoms with Crippen molar-refractivity contribution in [1.29, 1.82) is 0 Å². The van der Waals surface area contributed by atoms with Crippen molar-refractivity contribution in [3.05, 3.63) is 29.8 Å². The van der Waals surface area contributed by atoms with Crippen molar-refractivity contribution in [2.75, 3.05) is 31.6 Å². The Morgan fingerprint density at radius 2 is 2.08 bits per heavy atom. The van der Waals surface area contributed by atoms with Crippen LogP contribution in [0.5, 0.6) is 0 Å². The fourth-order valence-electron chi connectivity index (χ4n) is 7.50. The highest BCUT2D eigenvalue weighted by atomic mass is 16.5. The molecular formula is C22H30N2O2. The van der Waals surface area contributed by atoms with E-state index in [0.29, 0.717) is 30.1 Å². The van der Waals surface area contributed by atoms with Gasteiger partial charge in [-0.1, -0.05) is 18.2 Å². The third-order valence-corrected chi connectivity index (χ3v) is 8.47. The van der Waals surface area contributed by atoms with E-state index in [1.165, 1.54) is 18.5 Å². The first-order chi connectivity index (χ1) is 12.7. The molecule has 3 saturated heterocycles. The summed E-state index contributed by atoms with van der Waals surface area (Å²) in [5, 5.41) is 0. The molecule has 6 rings (SSSR count). The average molecular weight is 354 g/mol. The van der Waals surface area contributed by atoms with Crippen molar-refractivity contribution in [2.24, 2.45) is 17.8 Å². The lowest BCUT2D eigenvalue weighted by molar-refractivity contribution is -0.260. The Hall–Kier alpha value is -1.10. The maximum Gasteiger partial charge on any atom is 0.116 e. The lowest BCUT2D eigenvalue weighted by Gasteiger charge is -2.61. The summed E-state index contributed by atoms with van der Waals surface area (Å²) in [6.07, 6.45) is 3.29. The van der Waals surface area contributed by atoms with Gasteiger partial charge in [0.1, 0.15) is 6.23 Å². The molecule has 4 heteroatoms. The molecule has 1 aromatic carbocycles. The highest BCUT2D eigenvalue weighted by molar-refractivity contribution is 5.66. The molecule has 5 aliphatic rings. The fourth-order valence-corrected chi connectivity index (χ4v) is 7.50. The molecule has 4 nitrogen and oxygen atoms in total. The van der Waals surface area contributed by atoms with Crippen LogP contribution in [-0.4, -0.2) is 56.1 Å². The van der Waals surface area contributed by atoms with Crippen LogP contribution >= 0.6 is 0 Å². The number of rotatable bonds is 1. The molecule has 3 bridgehead atoms. The number of ether oxygens (including phenoxy) is 2. The minimum Gasteiger partial charge on any atom is -0.378 e. The van der Waals surface area contributed by atoms with Gasteiger partial charge in [-0.2, -0.15) is 0 Å². The van der Waals surface area contributed by atoms with Crippen molar-refractivity contribution in [3.63, 3.8) is 0 Å². The molecule has 8 atom stereocenters. The van der Waals surface area contributed by atoms with Gasteiger partial charge in [0.2, 0.25) is 0 Å². The monoisotopic (exact) mass is 354 g/mol. The van der Waals surface area contributed by atoms with Crippen molar-refractivity contribution in [3.8, 4) is 0 Å². The predicted molar refractivity (Wildman–Crippen MR) is 101 cm³/mol.